The molecule has 0 aliphatic heterocycles. The van der Waals surface area contributed by atoms with E-state index in [-0.39, 0.29) is 0 Å². The van der Waals surface area contributed by atoms with Crippen LogP contribution in [-0.2, 0) is 6.42 Å². The van der Waals surface area contributed by atoms with Gasteiger partial charge in [-0.1, -0.05) is 43.7 Å². The number of hydrogen-bond donors (Lipinski definition) is 1. The molecular weight excluding hydrogens is 234 g/mol. The molecule has 2 rings (SSSR count). The first-order valence-corrected chi connectivity index (χ1v) is 7.07. The third-order valence-electron chi connectivity index (χ3n) is 3.34. The van der Waals surface area contributed by atoms with Gasteiger partial charge in [-0.2, -0.15) is 0 Å². The number of aromatic nitrogens is 2. The highest BCUT2D eigenvalue weighted by Crippen LogP contribution is 2.28. The monoisotopic (exact) mass is 257 g/mol. The number of imidazole rings is 1. The van der Waals surface area contributed by atoms with E-state index in [1.165, 1.54) is 0 Å². The van der Waals surface area contributed by atoms with Gasteiger partial charge in [0, 0.05) is 11.6 Å². The van der Waals surface area contributed by atoms with E-state index in [1.807, 2.05) is 18.2 Å². The van der Waals surface area contributed by atoms with E-state index in [9.17, 15) is 0 Å². The summed E-state index contributed by atoms with van der Waals surface area (Å²) >= 11 is 0. The molecule has 0 unspecified atom stereocenters. The summed E-state index contributed by atoms with van der Waals surface area (Å²) in [4.78, 5) is 4.78. The molecule has 2 aromatic rings. The number of unbranched alkanes of at least 4 members (excludes halogenated alkanes) is 1. The fraction of sp³-hybridized carbons (Fsp3) is 0.438. The largest absolute Gasteiger partial charge is 0.384 e. The smallest absolute Gasteiger partial charge is 0.142 e. The Hall–Kier alpha value is -1.77. The average molecular weight is 257 g/mol. The zero-order chi connectivity index (χ0) is 13.8. The maximum absolute atomic E-state index is 6.28. The molecule has 0 radical (unpaired) electrons. The Morgan fingerprint density at radius 3 is 2.47 bits per heavy atom. The molecule has 0 bridgehead atoms. The quantitative estimate of drug-likeness (QED) is 0.878. The Balaban J connectivity index is 2.47. The van der Waals surface area contributed by atoms with Gasteiger partial charge in [0.15, 0.2) is 0 Å². The number of nitrogens with zero attached hydrogens (tertiary/aromatic N) is 2. The van der Waals surface area contributed by atoms with Crippen molar-refractivity contribution in [2.24, 2.45) is 0 Å². The standard InChI is InChI=1S/C16H23N3/c1-4-5-11-14-15(17)19(12(2)3)16(18-14)13-9-7-6-8-10-13/h6-10,12H,4-5,11,17H2,1-3H3. The van der Waals surface area contributed by atoms with Crippen molar-refractivity contribution in [3.63, 3.8) is 0 Å². The normalized spacial score (nSPS) is 11.2. The molecule has 0 amide bonds. The molecule has 0 spiro atoms. The first kappa shape index (κ1) is 13.7. The first-order valence-electron chi connectivity index (χ1n) is 7.07. The Kier molecular flexibility index (Phi) is 4.25. The number of nitrogens with two attached hydrogens (primary N) is 1. The van der Waals surface area contributed by atoms with Gasteiger partial charge in [-0.25, -0.2) is 4.98 Å². The van der Waals surface area contributed by atoms with Crippen molar-refractivity contribution in [1.29, 1.82) is 0 Å². The highest BCUT2D eigenvalue weighted by Gasteiger charge is 2.17. The number of rotatable bonds is 5. The lowest BCUT2D eigenvalue weighted by Gasteiger charge is -2.13. The zero-order valence-corrected chi connectivity index (χ0v) is 12.1. The Labute approximate surface area is 115 Å². The molecule has 0 saturated heterocycles. The van der Waals surface area contributed by atoms with Crippen molar-refractivity contribution < 1.29 is 0 Å². The van der Waals surface area contributed by atoms with Gasteiger partial charge >= 0.3 is 0 Å². The zero-order valence-electron chi connectivity index (χ0n) is 12.1. The predicted octanol–water partition coefficient (Wildman–Crippen LogP) is 4.06. The summed E-state index contributed by atoms with van der Waals surface area (Å²) in [6.07, 6.45) is 3.25. The Morgan fingerprint density at radius 2 is 1.89 bits per heavy atom. The molecule has 1 aromatic heterocycles. The van der Waals surface area contributed by atoms with Crippen molar-refractivity contribution in [3.05, 3.63) is 36.0 Å². The molecule has 19 heavy (non-hydrogen) atoms. The number of benzene rings is 1. The fourth-order valence-electron chi connectivity index (χ4n) is 2.33. The highest BCUT2D eigenvalue weighted by atomic mass is 15.2. The number of hydrogen-bond acceptors (Lipinski definition) is 2. The van der Waals surface area contributed by atoms with Crippen LogP contribution in [0.3, 0.4) is 0 Å². The van der Waals surface area contributed by atoms with E-state index in [0.717, 1.165) is 42.2 Å². The van der Waals surface area contributed by atoms with E-state index < -0.39 is 0 Å². The van der Waals surface area contributed by atoms with Gasteiger partial charge in [0.1, 0.15) is 11.6 Å². The lowest BCUT2D eigenvalue weighted by Crippen LogP contribution is -2.07. The van der Waals surface area contributed by atoms with Crippen LogP contribution in [-0.4, -0.2) is 9.55 Å². The summed E-state index contributed by atoms with van der Waals surface area (Å²) in [6.45, 7) is 6.48. The summed E-state index contributed by atoms with van der Waals surface area (Å²) in [5.74, 6) is 1.81. The van der Waals surface area contributed by atoms with E-state index in [4.69, 9.17) is 10.7 Å². The van der Waals surface area contributed by atoms with Crippen LogP contribution in [0.15, 0.2) is 30.3 Å². The molecular formula is C16H23N3. The molecule has 0 atom stereocenters. The van der Waals surface area contributed by atoms with Gasteiger partial charge < -0.3 is 10.3 Å². The lowest BCUT2D eigenvalue weighted by atomic mass is 10.2. The summed E-state index contributed by atoms with van der Waals surface area (Å²) in [6, 6.07) is 10.6. The molecule has 0 fully saturated rings. The van der Waals surface area contributed by atoms with Crippen molar-refractivity contribution >= 4 is 5.82 Å². The fourth-order valence-corrected chi connectivity index (χ4v) is 2.33. The van der Waals surface area contributed by atoms with Gasteiger partial charge in [0.25, 0.3) is 0 Å². The molecule has 0 saturated carbocycles. The second-order valence-corrected chi connectivity index (χ2v) is 5.20. The maximum Gasteiger partial charge on any atom is 0.142 e. The van der Waals surface area contributed by atoms with E-state index >= 15 is 0 Å². The van der Waals surface area contributed by atoms with E-state index in [1.54, 1.807) is 0 Å². The van der Waals surface area contributed by atoms with Gasteiger partial charge in [-0.15, -0.1) is 0 Å². The Bertz CT molecular complexity index is 526. The SMILES string of the molecule is CCCCc1nc(-c2ccccc2)n(C(C)C)c1N. The van der Waals surface area contributed by atoms with Crippen LogP contribution in [0.4, 0.5) is 5.82 Å². The second-order valence-electron chi connectivity index (χ2n) is 5.20. The number of anilines is 1. The second kappa shape index (κ2) is 5.91. The van der Waals surface area contributed by atoms with Crippen LogP contribution in [0.5, 0.6) is 0 Å². The lowest BCUT2D eigenvalue weighted by molar-refractivity contribution is 0.613. The minimum absolute atomic E-state index is 0.318. The average Bonchev–Trinajstić information content (AvgIpc) is 2.74. The van der Waals surface area contributed by atoms with Gasteiger partial charge in [0.05, 0.1) is 5.69 Å². The summed E-state index contributed by atoms with van der Waals surface area (Å²) in [5.41, 5.74) is 8.45. The maximum atomic E-state index is 6.28. The summed E-state index contributed by atoms with van der Waals surface area (Å²) in [5, 5.41) is 0. The van der Waals surface area contributed by atoms with E-state index in [2.05, 4.69) is 37.5 Å². The number of nitrogen functional groups attached to an aromatic ring is 1. The van der Waals surface area contributed by atoms with E-state index in [0.29, 0.717) is 6.04 Å². The van der Waals surface area contributed by atoms with Crippen molar-refractivity contribution in [3.8, 4) is 11.4 Å². The predicted molar refractivity (Wildman–Crippen MR) is 81.1 cm³/mol. The summed E-state index contributed by atoms with van der Waals surface area (Å²) in [7, 11) is 0. The third-order valence-corrected chi connectivity index (χ3v) is 3.34. The number of aryl methyl sites for hydroxylation is 1. The van der Waals surface area contributed by atoms with Crippen LogP contribution in [0.25, 0.3) is 11.4 Å². The molecule has 3 heteroatoms. The van der Waals surface area contributed by atoms with Crippen LogP contribution in [0.1, 0.15) is 45.3 Å². The van der Waals surface area contributed by atoms with Gasteiger partial charge in [-0.3, -0.25) is 0 Å². The Morgan fingerprint density at radius 1 is 1.21 bits per heavy atom. The highest BCUT2D eigenvalue weighted by molar-refractivity contribution is 5.60. The molecule has 0 aliphatic carbocycles. The van der Waals surface area contributed by atoms with Crippen molar-refractivity contribution in [2.45, 2.75) is 46.1 Å². The molecule has 2 N–H and O–H groups in total. The molecule has 1 aromatic carbocycles. The topological polar surface area (TPSA) is 43.8 Å². The molecule has 0 aliphatic rings. The van der Waals surface area contributed by atoms with Crippen molar-refractivity contribution in [2.75, 3.05) is 5.73 Å². The third kappa shape index (κ3) is 2.80. The van der Waals surface area contributed by atoms with Crippen LogP contribution < -0.4 is 5.73 Å². The van der Waals surface area contributed by atoms with Crippen LogP contribution in [0, 0.1) is 0 Å². The molecule has 1 heterocycles. The van der Waals surface area contributed by atoms with Crippen LogP contribution >= 0.6 is 0 Å². The minimum atomic E-state index is 0.318. The molecule has 3 nitrogen and oxygen atoms in total. The van der Waals surface area contributed by atoms with Crippen molar-refractivity contribution in [1.82, 2.24) is 9.55 Å². The first-order chi connectivity index (χ1) is 9.15. The van der Waals surface area contributed by atoms with Gasteiger partial charge in [0.2, 0.25) is 0 Å². The van der Waals surface area contributed by atoms with Crippen LogP contribution in [0.2, 0.25) is 0 Å². The molecule has 102 valence electrons. The van der Waals surface area contributed by atoms with Gasteiger partial charge in [-0.05, 0) is 26.7 Å². The minimum Gasteiger partial charge on any atom is -0.384 e. The summed E-state index contributed by atoms with van der Waals surface area (Å²) < 4.78 is 2.14.